The van der Waals surface area contributed by atoms with Crippen molar-refractivity contribution in [1.82, 2.24) is 9.80 Å². The van der Waals surface area contributed by atoms with Crippen molar-refractivity contribution < 1.29 is 28.3 Å². The van der Waals surface area contributed by atoms with Crippen LogP contribution in [0.4, 0.5) is 4.79 Å². The van der Waals surface area contributed by atoms with Crippen molar-refractivity contribution in [1.29, 1.82) is 0 Å². The molecule has 0 bridgehead atoms. The lowest BCUT2D eigenvalue weighted by molar-refractivity contribution is -0.132. The maximum Gasteiger partial charge on any atom is 0.332 e. The molecule has 0 aromatic carbocycles. The van der Waals surface area contributed by atoms with Crippen molar-refractivity contribution in [3.05, 3.63) is 11.0 Å². The Morgan fingerprint density at radius 1 is 1.38 bits per heavy atom. The molecule has 1 aliphatic rings. The first-order valence-corrected chi connectivity index (χ1v) is 7.39. The van der Waals surface area contributed by atoms with E-state index in [1.54, 1.807) is 13.8 Å². The molecule has 0 radical (unpaired) electrons. The maximum absolute atomic E-state index is 12.1. The third-order valence-corrected chi connectivity index (χ3v) is 3.96. The number of hydrogen-bond acceptors (Lipinski definition) is 4. The number of likely N-dealkylation sites (N-methyl/N-ethyl adjacent to an activating group) is 1. The average molecular weight is 318 g/mol. The number of urea groups is 1. The molecular weight excluding hydrogens is 300 g/mol. The van der Waals surface area contributed by atoms with Gasteiger partial charge < -0.3 is 14.6 Å². The molecule has 1 heterocycles. The van der Waals surface area contributed by atoms with Gasteiger partial charge in [0.1, 0.15) is 5.54 Å². The van der Waals surface area contributed by atoms with Crippen LogP contribution in [-0.2, 0) is 20.7 Å². The summed E-state index contributed by atoms with van der Waals surface area (Å²) in [6.07, 6.45) is 0.194. The van der Waals surface area contributed by atoms with E-state index < -0.39 is 28.6 Å². The van der Waals surface area contributed by atoms with Gasteiger partial charge in [-0.15, -0.1) is 0 Å². The quantitative estimate of drug-likeness (QED) is 0.421. The van der Waals surface area contributed by atoms with Crippen LogP contribution in [0.5, 0.6) is 0 Å². The Morgan fingerprint density at radius 3 is 2.33 bits per heavy atom. The van der Waals surface area contributed by atoms with Crippen LogP contribution in [-0.4, -0.2) is 60.7 Å². The van der Waals surface area contributed by atoms with Crippen LogP contribution in [0.2, 0.25) is 0 Å². The zero-order valence-corrected chi connectivity index (χ0v) is 12.8. The van der Waals surface area contributed by atoms with Crippen LogP contribution in [0.3, 0.4) is 0 Å². The summed E-state index contributed by atoms with van der Waals surface area (Å²) >= 11 is -2.35. The van der Waals surface area contributed by atoms with E-state index in [0.29, 0.717) is 0 Å². The lowest BCUT2D eigenvalue weighted by Gasteiger charge is -2.22. The highest BCUT2D eigenvalue weighted by Gasteiger charge is 2.48. The highest BCUT2D eigenvalue weighted by atomic mass is 32.2. The molecule has 2 N–H and O–H groups in total. The first kappa shape index (κ1) is 17.3. The predicted molar refractivity (Wildman–Crippen MR) is 74.7 cm³/mol. The fourth-order valence-corrected chi connectivity index (χ4v) is 2.41. The van der Waals surface area contributed by atoms with Gasteiger partial charge in [0, 0.05) is 24.6 Å². The number of hydrogen-bond donors (Lipinski definition) is 2. The molecule has 3 amide bonds. The van der Waals surface area contributed by atoms with E-state index in [9.17, 15) is 18.6 Å². The number of carboxylic acids is 1. The molecule has 1 aliphatic heterocycles. The number of carbonyl (C=O) groups excluding carboxylic acids is 2. The van der Waals surface area contributed by atoms with Gasteiger partial charge in [0.25, 0.3) is 5.91 Å². The Bertz CT molecular complexity index is 528. The van der Waals surface area contributed by atoms with Gasteiger partial charge >= 0.3 is 12.0 Å². The van der Waals surface area contributed by atoms with E-state index in [4.69, 9.17) is 9.66 Å². The van der Waals surface area contributed by atoms with Crippen molar-refractivity contribution in [2.75, 3.05) is 13.6 Å². The minimum Gasteiger partial charge on any atom is -0.478 e. The zero-order valence-electron chi connectivity index (χ0n) is 12.0. The first-order valence-electron chi connectivity index (χ1n) is 6.22. The third kappa shape index (κ3) is 3.67. The minimum atomic E-state index is -2.35. The minimum absolute atomic E-state index is 0.0111. The van der Waals surface area contributed by atoms with Gasteiger partial charge in [-0.2, -0.15) is 0 Å². The molecule has 0 aliphatic carbocycles. The molecule has 118 valence electrons. The smallest absolute Gasteiger partial charge is 0.332 e. The molecule has 0 spiro atoms. The Hall–Kier alpha value is -1.74. The van der Waals surface area contributed by atoms with Gasteiger partial charge in [-0.05, 0) is 26.7 Å². The van der Waals surface area contributed by atoms with Gasteiger partial charge in [-0.1, -0.05) is 0 Å². The third-order valence-electron chi connectivity index (χ3n) is 3.47. The second-order valence-electron chi connectivity index (χ2n) is 5.19. The van der Waals surface area contributed by atoms with Crippen LogP contribution in [0.15, 0.2) is 11.0 Å². The number of amides is 3. The van der Waals surface area contributed by atoms with E-state index in [1.807, 2.05) is 0 Å². The molecular formula is C12H18N2O6S. The molecule has 0 aromatic heterocycles. The molecule has 0 saturated carbocycles. The summed E-state index contributed by atoms with van der Waals surface area (Å²) in [7, 11) is 1.53. The molecule has 1 rings (SSSR count). The van der Waals surface area contributed by atoms with E-state index in [-0.39, 0.29) is 30.9 Å². The Labute approximate surface area is 124 Å². The van der Waals surface area contributed by atoms with Crippen molar-refractivity contribution in [3.63, 3.8) is 0 Å². The number of nitrogens with zero attached hydrogens (tertiary/aromatic N) is 2. The van der Waals surface area contributed by atoms with Gasteiger partial charge in [0.15, 0.2) is 11.1 Å². The van der Waals surface area contributed by atoms with Crippen molar-refractivity contribution in [2.45, 2.75) is 32.2 Å². The first-order chi connectivity index (χ1) is 9.59. The highest BCUT2D eigenvalue weighted by Crippen LogP contribution is 2.26. The summed E-state index contributed by atoms with van der Waals surface area (Å²) in [5, 5.41) is 9.60. The fourth-order valence-electron chi connectivity index (χ4n) is 1.94. The maximum atomic E-state index is 12.1. The summed E-state index contributed by atoms with van der Waals surface area (Å²) in [6, 6.07) is -0.434. The van der Waals surface area contributed by atoms with Crippen LogP contribution < -0.4 is 0 Å². The van der Waals surface area contributed by atoms with Gasteiger partial charge in [0.05, 0.1) is 0 Å². The SMILES string of the molecule is CN1C(=O)N(CCC/C(=C/S(=O)O)C(=O)O)C(=O)C1(C)C. The van der Waals surface area contributed by atoms with E-state index in [0.717, 1.165) is 10.3 Å². The molecule has 21 heavy (non-hydrogen) atoms. The Kier molecular flexibility index (Phi) is 5.24. The number of aliphatic carboxylic acids is 1. The lowest BCUT2D eigenvalue weighted by Crippen LogP contribution is -2.41. The summed E-state index contributed by atoms with van der Waals surface area (Å²) in [5.74, 6) is -1.64. The molecule has 1 fully saturated rings. The summed E-state index contributed by atoms with van der Waals surface area (Å²) in [5.41, 5.74) is -1.14. The zero-order chi connectivity index (χ0) is 16.4. The molecule has 1 saturated heterocycles. The number of imide groups is 1. The summed E-state index contributed by atoms with van der Waals surface area (Å²) in [6.45, 7) is 3.32. The van der Waals surface area contributed by atoms with Crippen LogP contribution in [0.25, 0.3) is 0 Å². The Morgan fingerprint density at radius 2 is 1.95 bits per heavy atom. The predicted octanol–water partition coefficient (Wildman–Crippen LogP) is 0.629. The van der Waals surface area contributed by atoms with Crippen molar-refractivity contribution in [3.8, 4) is 0 Å². The van der Waals surface area contributed by atoms with Gasteiger partial charge in [0.2, 0.25) is 0 Å². The highest BCUT2D eigenvalue weighted by molar-refractivity contribution is 7.82. The topological polar surface area (TPSA) is 115 Å². The summed E-state index contributed by atoms with van der Waals surface area (Å²) < 4.78 is 19.3. The van der Waals surface area contributed by atoms with Crippen molar-refractivity contribution in [2.24, 2.45) is 0 Å². The molecule has 0 aromatic rings. The van der Waals surface area contributed by atoms with E-state index in [1.165, 1.54) is 11.9 Å². The largest absolute Gasteiger partial charge is 0.478 e. The van der Waals surface area contributed by atoms with Gasteiger partial charge in [-0.25, -0.2) is 13.8 Å². The standard InChI is InChI=1S/C12H18N2O6S/c1-12(2)10(17)14(11(18)13(12)3)6-4-5-8(9(15)16)7-21(19)20/h7H,4-6H2,1-3H3,(H,15,16)(H,19,20)/b8-7-. The number of rotatable bonds is 6. The second-order valence-corrected chi connectivity index (χ2v) is 5.97. The van der Waals surface area contributed by atoms with Crippen LogP contribution >= 0.6 is 0 Å². The van der Waals surface area contributed by atoms with E-state index >= 15 is 0 Å². The summed E-state index contributed by atoms with van der Waals surface area (Å²) in [4.78, 5) is 37.3. The number of carbonyl (C=O) groups is 3. The van der Waals surface area contributed by atoms with Crippen LogP contribution in [0, 0.1) is 0 Å². The monoisotopic (exact) mass is 318 g/mol. The Balaban J connectivity index is 2.68. The van der Waals surface area contributed by atoms with Crippen LogP contribution in [0.1, 0.15) is 26.7 Å². The molecule has 8 nitrogen and oxygen atoms in total. The fraction of sp³-hybridized carbons (Fsp3) is 0.583. The molecule has 1 unspecified atom stereocenters. The van der Waals surface area contributed by atoms with Crippen molar-refractivity contribution >= 4 is 29.0 Å². The lowest BCUT2D eigenvalue weighted by atomic mass is 10.0. The van der Waals surface area contributed by atoms with Gasteiger partial charge in [-0.3, -0.25) is 9.69 Å². The number of carboxylic acid groups (broad SMARTS) is 1. The normalized spacial score (nSPS) is 20.1. The second kappa shape index (κ2) is 6.35. The van der Waals surface area contributed by atoms with E-state index in [2.05, 4.69) is 0 Å². The average Bonchev–Trinajstić information content (AvgIpc) is 2.51. The molecule has 9 heteroatoms. The molecule has 1 atom stereocenters.